The lowest BCUT2D eigenvalue weighted by Crippen LogP contribution is -2.55. The molecule has 0 spiro atoms. The third-order valence-corrected chi connectivity index (χ3v) is 8.32. The van der Waals surface area contributed by atoms with Gasteiger partial charge in [0.2, 0.25) is 0 Å². The zero-order valence-corrected chi connectivity index (χ0v) is 22.2. The van der Waals surface area contributed by atoms with Crippen molar-refractivity contribution in [3.05, 3.63) is 82.0 Å². The van der Waals surface area contributed by atoms with Crippen LogP contribution >= 0.6 is 23.6 Å². The molecule has 0 bridgehead atoms. The number of hydrogen-bond donors (Lipinski definition) is 0. The third kappa shape index (κ3) is 3.67. The predicted octanol–water partition coefficient (Wildman–Crippen LogP) is 6.38. The number of rotatable bonds is 4. The first kappa shape index (κ1) is 24.3. The number of benzene rings is 2. The summed E-state index contributed by atoms with van der Waals surface area (Å²) in [7, 11) is 0. The van der Waals surface area contributed by atoms with E-state index in [0.717, 1.165) is 32.4 Å². The normalized spacial score (nSPS) is 16.9. The van der Waals surface area contributed by atoms with Gasteiger partial charge in [-0.15, -0.1) is 11.3 Å². The minimum absolute atomic E-state index is 0.0901. The van der Waals surface area contributed by atoms with Gasteiger partial charge in [0, 0.05) is 23.4 Å². The molecular weight excluding hydrogens is 493 g/mol. The van der Waals surface area contributed by atoms with Crippen molar-refractivity contribution in [1.29, 1.82) is 0 Å². The Morgan fingerprint density at radius 2 is 1.56 bits per heavy atom. The molecule has 3 aromatic rings. The van der Waals surface area contributed by atoms with Crippen molar-refractivity contribution < 1.29 is 14.0 Å². The van der Waals surface area contributed by atoms with Crippen molar-refractivity contribution in [3.63, 3.8) is 0 Å². The van der Waals surface area contributed by atoms with Crippen molar-refractivity contribution >= 4 is 62.9 Å². The molecule has 1 aromatic heterocycles. The minimum atomic E-state index is -0.385. The monoisotopic (exact) mass is 519 g/mol. The maximum absolute atomic E-state index is 14.5. The van der Waals surface area contributed by atoms with Crippen LogP contribution in [0, 0.1) is 5.82 Å². The molecule has 2 amide bonds. The summed E-state index contributed by atoms with van der Waals surface area (Å²) in [6, 6.07) is 16.9. The highest BCUT2D eigenvalue weighted by atomic mass is 32.1. The number of halogens is 1. The van der Waals surface area contributed by atoms with E-state index in [-0.39, 0.29) is 33.7 Å². The Balaban J connectivity index is 1.61. The van der Waals surface area contributed by atoms with Crippen LogP contribution in [-0.2, 0) is 15.0 Å². The molecule has 36 heavy (non-hydrogen) atoms. The Morgan fingerprint density at radius 3 is 2.22 bits per heavy atom. The lowest BCUT2D eigenvalue weighted by molar-refractivity contribution is -0.133. The van der Waals surface area contributed by atoms with Gasteiger partial charge in [-0.2, -0.15) is 0 Å². The minimum Gasteiger partial charge on any atom is -0.301 e. The number of likely N-dealkylation sites (N-methyl/N-ethyl adjacent to an activating group) is 2. The number of carbonyl (C=O) groups is 2. The number of thiophene rings is 1. The summed E-state index contributed by atoms with van der Waals surface area (Å²) in [5, 5.41) is 1.10. The van der Waals surface area contributed by atoms with Gasteiger partial charge < -0.3 is 4.90 Å². The fourth-order valence-electron chi connectivity index (χ4n) is 4.99. The van der Waals surface area contributed by atoms with E-state index in [1.807, 2.05) is 50.2 Å². The molecule has 3 heterocycles. The van der Waals surface area contributed by atoms with Crippen molar-refractivity contribution in [1.82, 2.24) is 9.80 Å². The molecule has 5 rings (SSSR count). The van der Waals surface area contributed by atoms with E-state index in [9.17, 15) is 14.0 Å². The van der Waals surface area contributed by atoms with Gasteiger partial charge in [-0.3, -0.25) is 19.4 Å². The molecule has 0 saturated carbocycles. The van der Waals surface area contributed by atoms with Crippen LogP contribution in [0.5, 0.6) is 0 Å². The maximum atomic E-state index is 14.5. The molecule has 0 aliphatic carbocycles. The molecule has 5 nitrogen and oxygen atoms in total. The van der Waals surface area contributed by atoms with Crippen LogP contribution in [0.25, 0.3) is 6.08 Å². The zero-order chi connectivity index (χ0) is 25.8. The van der Waals surface area contributed by atoms with Crippen LogP contribution in [-0.4, -0.2) is 39.8 Å². The number of fused-ring (bicyclic) bond motifs is 2. The lowest BCUT2D eigenvalue weighted by Gasteiger charge is -2.41. The Labute approximate surface area is 219 Å². The van der Waals surface area contributed by atoms with E-state index in [2.05, 4.69) is 24.8 Å². The van der Waals surface area contributed by atoms with Gasteiger partial charge in [0.05, 0.1) is 11.4 Å². The molecule has 184 valence electrons. The number of para-hydroxylation sites is 1. The summed E-state index contributed by atoms with van der Waals surface area (Å²) in [6.07, 6.45) is 1.64. The highest BCUT2D eigenvalue weighted by Crippen LogP contribution is 2.53. The third-order valence-electron chi connectivity index (χ3n) is 6.86. The van der Waals surface area contributed by atoms with Crippen LogP contribution in [0.4, 0.5) is 20.8 Å². The average molecular weight is 520 g/mol. The van der Waals surface area contributed by atoms with Crippen LogP contribution in [0.3, 0.4) is 0 Å². The van der Waals surface area contributed by atoms with E-state index in [4.69, 9.17) is 12.2 Å². The highest BCUT2D eigenvalue weighted by molar-refractivity contribution is 7.80. The van der Waals surface area contributed by atoms with Gasteiger partial charge in [-0.25, -0.2) is 4.39 Å². The second kappa shape index (κ2) is 8.94. The van der Waals surface area contributed by atoms with Crippen LogP contribution < -0.4 is 4.90 Å². The molecule has 0 N–H and O–H groups in total. The summed E-state index contributed by atoms with van der Waals surface area (Å²) in [5.74, 6) is -1.07. The van der Waals surface area contributed by atoms with E-state index in [0.29, 0.717) is 13.1 Å². The number of anilines is 3. The molecule has 2 aromatic carbocycles. The molecule has 0 unspecified atom stereocenters. The second-order valence-corrected chi connectivity index (χ2v) is 10.7. The van der Waals surface area contributed by atoms with Crippen molar-refractivity contribution in [3.8, 4) is 0 Å². The molecule has 1 fully saturated rings. The molecular formula is C28H26FN3O2S2. The summed E-state index contributed by atoms with van der Waals surface area (Å²) in [4.78, 5) is 31.8. The maximum Gasteiger partial charge on any atom is 0.265 e. The van der Waals surface area contributed by atoms with Crippen LogP contribution in [0.2, 0.25) is 0 Å². The largest absolute Gasteiger partial charge is 0.301 e. The van der Waals surface area contributed by atoms with E-state index in [1.54, 1.807) is 12.1 Å². The van der Waals surface area contributed by atoms with Crippen LogP contribution in [0.15, 0.2) is 60.2 Å². The molecule has 8 heteroatoms. The second-order valence-electron chi connectivity index (χ2n) is 9.25. The number of thiocarbonyl (C=S) groups is 1. The number of amides is 2. The SMILES string of the molecule is CCN1C(=O)C(=Cc2ccc(N3c4ccccc4C(C)(C)c4ccc(F)cc43)s2)C(=O)N(CC)C1=S. The topological polar surface area (TPSA) is 43.9 Å². The fraction of sp³-hybridized carbons (Fsp3) is 0.250. The van der Waals surface area contributed by atoms with E-state index in [1.165, 1.54) is 27.2 Å². The molecule has 0 atom stereocenters. The molecule has 0 radical (unpaired) electrons. The average Bonchev–Trinajstić information content (AvgIpc) is 3.30. The Kier molecular flexibility index (Phi) is 6.04. The van der Waals surface area contributed by atoms with E-state index < -0.39 is 0 Å². The number of nitrogens with zero attached hydrogens (tertiary/aromatic N) is 3. The van der Waals surface area contributed by atoms with Crippen LogP contribution in [0.1, 0.15) is 43.7 Å². The lowest BCUT2D eigenvalue weighted by atomic mass is 9.74. The fourth-order valence-corrected chi connectivity index (χ4v) is 6.40. The van der Waals surface area contributed by atoms with Gasteiger partial charge in [-0.1, -0.05) is 38.1 Å². The smallest absolute Gasteiger partial charge is 0.265 e. The Morgan fingerprint density at radius 1 is 0.917 bits per heavy atom. The highest BCUT2D eigenvalue weighted by Gasteiger charge is 2.39. The Hall–Kier alpha value is -3.36. The summed E-state index contributed by atoms with van der Waals surface area (Å²) >= 11 is 6.80. The van der Waals surface area contributed by atoms with Gasteiger partial charge >= 0.3 is 0 Å². The standard InChI is InChI=1S/C28H26FN3O2S2/c1-5-30-25(33)19(26(34)31(6-2)27(30)35)16-18-12-14-24(36-18)32-22-10-8-7-9-20(22)28(3,4)21-13-11-17(29)15-23(21)32/h7-16H,5-6H2,1-4H3. The Bertz CT molecular complexity index is 1410. The summed E-state index contributed by atoms with van der Waals surface area (Å²) < 4.78 is 14.5. The first-order valence-electron chi connectivity index (χ1n) is 11.9. The van der Waals surface area contributed by atoms with Crippen molar-refractivity contribution in [2.45, 2.75) is 33.1 Å². The summed E-state index contributed by atoms with van der Waals surface area (Å²) in [5.41, 5.74) is 3.72. The number of hydrogen-bond acceptors (Lipinski definition) is 5. The molecule has 2 aliphatic heterocycles. The van der Waals surface area contributed by atoms with E-state index >= 15 is 0 Å². The van der Waals surface area contributed by atoms with Gasteiger partial charge in [0.25, 0.3) is 11.8 Å². The molecule has 1 saturated heterocycles. The number of carbonyl (C=O) groups excluding carboxylic acids is 2. The quantitative estimate of drug-likeness (QED) is 0.228. The van der Waals surface area contributed by atoms with Gasteiger partial charge in [0.1, 0.15) is 16.4 Å². The predicted molar refractivity (Wildman–Crippen MR) is 146 cm³/mol. The van der Waals surface area contributed by atoms with Gasteiger partial charge in [-0.05, 0) is 73.6 Å². The first-order valence-corrected chi connectivity index (χ1v) is 13.1. The summed E-state index contributed by atoms with van der Waals surface area (Å²) in [6.45, 7) is 8.73. The van der Waals surface area contributed by atoms with Crippen molar-refractivity contribution in [2.24, 2.45) is 0 Å². The van der Waals surface area contributed by atoms with Gasteiger partial charge in [0.15, 0.2) is 5.11 Å². The van der Waals surface area contributed by atoms with Crippen molar-refractivity contribution in [2.75, 3.05) is 18.0 Å². The molecule has 2 aliphatic rings. The first-order chi connectivity index (χ1) is 17.2. The zero-order valence-electron chi connectivity index (χ0n) is 20.5.